The highest BCUT2D eigenvalue weighted by atomic mass is 16.3. The second kappa shape index (κ2) is 9.05. The van der Waals surface area contributed by atoms with Gasteiger partial charge in [0.2, 0.25) is 17.7 Å². The molecule has 2 N–H and O–H groups in total. The number of fused-ring (bicyclic) bond motifs is 2. The fraction of sp³-hybridized carbons (Fsp3) is 0.385. The van der Waals surface area contributed by atoms with Gasteiger partial charge in [-0.05, 0) is 38.0 Å². The second-order valence-corrected chi connectivity index (χ2v) is 9.50. The van der Waals surface area contributed by atoms with Crippen LogP contribution in [0.5, 0.6) is 5.88 Å². The van der Waals surface area contributed by atoms with Crippen molar-refractivity contribution in [2.45, 2.75) is 45.8 Å². The summed E-state index contributed by atoms with van der Waals surface area (Å²) >= 11 is 0. The molecule has 35 heavy (non-hydrogen) atoms. The number of anilines is 2. The SMILES string of the molecule is CC(=O)N(C)C1CCN(c2nc(NCc3cnc4ccccc4c3)c3cn(C(C)C)c(O)c3n2)C1. The van der Waals surface area contributed by atoms with Crippen LogP contribution in [0.1, 0.15) is 38.8 Å². The summed E-state index contributed by atoms with van der Waals surface area (Å²) < 4.78 is 1.81. The predicted molar refractivity (Wildman–Crippen MR) is 138 cm³/mol. The highest BCUT2D eigenvalue weighted by Crippen LogP contribution is 2.35. The molecule has 0 aliphatic carbocycles. The molecule has 4 heterocycles. The number of aromatic nitrogens is 4. The van der Waals surface area contributed by atoms with Crippen molar-refractivity contribution < 1.29 is 9.90 Å². The van der Waals surface area contributed by atoms with Gasteiger partial charge in [-0.15, -0.1) is 0 Å². The number of para-hydroxylation sites is 1. The summed E-state index contributed by atoms with van der Waals surface area (Å²) in [5.74, 6) is 1.39. The molecule has 1 aliphatic rings. The fourth-order valence-electron chi connectivity index (χ4n) is 4.64. The monoisotopic (exact) mass is 473 g/mol. The van der Waals surface area contributed by atoms with Crippen LogP contribution >= 0.6 is 0 Å². The summed E-state index contributed by atoms with van der Waals surface area (Å²) in [6, 6.07) is 10.3. The first kappa shape index (κ1) is 22.9. The Kier molecular flexibility index (Phi) is 5.92. The Balaban J connectivity index is 1.48. The molecule has 1 aromatic carbocycles. The van der Waals surface area contributed by atoms with E-state index >= 15 is 0 Å². The van der Waals surface area contributed by atoms with E-state index in [4.69, 9.17) is 9.97 Å². The lowest BCUT2D eigenvalue weighted by molar-refractivity contribution is -0.129. The molecule has 3 aromatic heterocycles. The normalized spacial score (nSPS) is 15.9. The minimum absolute atomic E-state index is 0.0474. The molecular weight excluding hydrogens is 442 g/mol. The zero-order valence-corrected chi connectivity index (χ0v) is 20.6. The molecule has 0 saturated carbocycles. The zero-order valence-electron chi connectivity index (χ0n) is 20.6. The standard InChI is InChI=1S/C26H31N7O2/c1-16(2)33-15-21-23(25(33)35)29-26(32-10-9-20(14-32)31(4)17(3)34)30-24(21)28-13-18-11-19-7-5-6-8-22(19)27-12-18/h5-8,11-12,15-16,20,35H,9-10,13-14H2,1-4H3,(H,28,29,30). The highest BCUT2D eigenvalue weighted by molar-refractivity contribution is 5.94. The van der Waals surface area contributed by atoms with Gasteiger partial charge in [-0.2, -0.15) is 4.98 Å². The van der Waals surface area contributed by atoms with E-state index in [1.54, 1.807) is 11.8 Å². The van der Waals surface area contributed by atoms with Crippen molar-refractivity contribution >= 4 is 39.5 Å². The van der Waals surface area contributed by atoms with E-state index < -0.39 is 0 Å². The lowest BCUT2D eigenvalue weighted by Gasteiger charge is -2.23. The number of carbonyl (C=O) groups is 1. The predicted octanol–water partition coefficient (Wildman–Crippen LogP) is 3.94. The summed E-state index contributed by atoms with van der Waals surface area (Å²) in [5.41, 5.74) is 2.51. The van der Waals surface area contributed by atoms with E-state index in [1.165, 1.54) is 0 Å². The maximum atomic E-state index is 11.8. The third kappa shape index (κ3) is 4.34. The lowest BCUT2D eigenvalue weighted by atomic mass is 10.1. The number of pyridine rings is 1. The van der Waals surface area contributed by atoms with E-state index in [2.05, 4.69) is 27.3 Å². The van der Waals surface area contributed by atoms with Crippen molar-refractivity contribution in [1.82, 2.24) is 24.4 Å². The van der Waals surface area contributed by atoms with Crippen molar-refractivity contribution in [3.63, 3.8) is 0 Å². The van der Waals surface area contributed by atoms with Gasteiger partial charge in [0.15, 0.2) is 0 Å². The number of nitrogens with one attached hydrogen (secondary N) is 1. The number of carbonyl (C=O) groups excluding carboxylic acids is 1. The average molecular weight is 474 g/mol. The van der Waals surface area contributed by atoms with Gasteiger partial charge in [-0.1, -0.05) is 18.2 Å². The smallest absolute Gasteiger partial charge is 0.228 e. The summed E-state index contributed by atoms with van der Waals surface area (Å²) in [5, 5.41) is 16.2. The summed E-state index contributed by atoms with van der Waals surface area (Å²) in [6.07, 6.45) is 4.62. The van der Waals surface area contributed by atoms with Crippen LogP contribution in [-0.2, 0) is 11.3 Å². The third-order valence-corrected chi connectivity index (χ3v) is 6.81. The van der Waals surface area contributed by atoms with Gasteiger partial charge in [-0.3, -0.25) is 9.78 Å². The van der Waals surface area contributed by atoms with Gasteiger partial charge in [0, 0.05) is 57.4 Å². The number of likely N-dealkylation sites (N-methyl/N-ethyl adjacent to an activating group) is 1. The van der Waals surface area contributed by atoms with Crippen LogP contribution in [0.2, 0.25) is 0 Å². The first-order valence-electron chi connectivity index (χ1n) is 12.0. The Hall–Kier alpha value is -3.88. The number of rotatable bonds is 6. The van der Waals surface area contributed by atoms with Gasteiger partial charge in [-0.25, -0.2) is 4.98 Å². The van der Waals surface area contributed by atoms with E-state index in [1.807, 2.05) is 56.1 Å². The summed E-state index contributed by atoms with van der Waals surface area (Å²) in [6.45, 7) is 7.55. The molecule has 1 atom stereocenters. The number of hydrogen-bond acceptors (Lipinski definition) is 7. The van der Waals surface area contributed by atoms with Gasteiger partial charge in [0.05, 0.1) is 16.9 Å². The second-order valence-electron chi connectivity index (χ2n) is 9.50. The fourth-order valence-corrected chi connectivity index (χ4v) is 4.64. The Bertz CT molecular complexity index is 1400. The Morgan fingerprint density at radius 2 is 2.09 bits per heavy atom. The molecule has 4 aromatic rings. The van der Waals surface area contributed by atoms with Gasteiger partial charge in [0.1, 0.15) is 11.3 Å². The first-order valence-corrected chi connectivity index (χ1v) is 12.0. The minimum Gasteiger partial charge on any atom is -0.493 e. The van der Waals surface area contributed by atoms with Gasteiger partial charge >= 0.3 is 0 Å². The number of benzene rings is 1. The van der Waals surface area contributed by atoms with Crippen molar-refractivity contribution in [2.75, 3.05) is 30.4 Å². The molecule has 182 valence electrons. The average Bonchev–Trinajstić information content (AvgIpc) is 3.47. The van der Waals surface area contributed by atoms with Crippen molar-refractivity contribution in [3.8, 4) is 5.88 Å². The van der Waals surface area contributed by atoms with Crippen LogP contribution in [0.3, 0.4) is 0 Å². The number of amides is 1. The molecule has 9 nitrogen and oxygen atoms in total. The van der Waals surface area contributed by atoms with Crippen LogP contribution < -0.4 is 10.2 Å². The van der Waals surface area contributed by atoms with Crippen molar-refractivity contribution in [2.24, 2.45) is 0 Å². The highest BCUT2D eigenvalue weighted by Gasteiger charge is 2.30. The van der Waals surface area contributed by atoms with Gasteiger partial charge in [0.25, 0.3) is 0 Å². The van der Waals surface area contributed by atoms with Gasteiger partial charge < -0.3 is 24.8 Å². The van der Waals surface area contributed by atoms with E-state index in [0.29, 0.717) is 30.4 Å². The maximum absolute atomic E-state index is 11.8. The molecule has 9 heteroatoms. The molecule has 1 fully saturated rings. The number of nitrogens with zero attached hydrogens (tertiary/aromatic N) is 6. The van der Waals surface area contributed by atoms with Crippen LogP contribution in [0.15, 0.2) is 42.7 Å². The number of hydrogen-bond donors (Lipinski definition) is 2. The first-order chi connectivity index (χ1) is 16.8. The summed E-state index contributed by atoms with van der Waals surface area (Å²) in [4.78, 5) is 29.9. The van der Waals surface area contributed by atoms with Crippen molar-refractivity contribution in [3.05, 3.63) is 48.3 Å². The molecule has 0 radical (unpaired) electrons. The molecule has 1 unspecified atom stereocenters. The maximum Gasteiger partial charge on any atom is 0.228 e. The summed E-state index contributed by atoms with van der Waals surface area (Å²) in [7, 11) is 1.83. The minimum atomic E-state index is 0.0474. The van der Waals surface area contributed by atoms with Crippen LogP contribution in [0.25, 0.3) is 21.8 Å². The topological polar surface area (TPSA) is 99.4 Å². The molecule has 1 saturated heterocycles. The quantitative estimate of drug-likeness (QED) is 0.438. The van der Waals surface area contributed by atoms with E-state index in [-0.39, 0.29) is 23.9 Å². The van der Waals surface area contributed by atoms with Crippen LogP contribution in [0.4, 0.5) is 11.8 Å². The molecule has 5 rings (SSSR count). The molecule has 0 spiro atoms. The zero-order chi connectivity index (χ0) is 24.7. The van der Waals surface area contributed by atoms with E-state index in [0.717, 1.165) is 34.8 Å². The van der Waals surface area contributed by atoms with Crippen LogP contribution in [0, 0.1) is 0 Å². The number of aromatic hydroxyl groups is 1. The Morgan fingerprint density at radius 3 is 2.86 bits per heavy atom. The third-order valence-electron chi connectivity index (χ3n) is 6.81. The van der Waals surface area contributed by atoms with E-state index in [9.17, 15) is 9.90 Å². The largest absolute Gasteiger partial charge is 0.493 e. The molecular formula is C26H31N7O2. The molecule has 0 bridgehead atoms. The van der Waals surface area contributed by atoms with Crippen molar-refractivity contribution in [1.29, 1.82) is 0 Å². The Labute approximate surface area is 204 Å². The molecule has 1 amide bonds. The molecule has 1 aliphatic heterocycles. The Morgan fingerprint density at radius 1 is 1.29 bits per heavy atom. The lowest BCUT2D eigenvalue weighted by Crippen LogP contribution is -2.37. The van der Waals surface area contributed by atoms with Crippen LogP contribution in [-0.4, -0.2) is 61.6 Å².